The molecule has 0 aliphatic carbocycles. The quantitative estimate of drug-likeness (QED) is 0.785. The summed E-state index contributed by atoms with van der Waals surface area (Å²) >= 11 is 1.57. The first-order chi connectivity index (χ1) is 8.66. The van der Waals surface area contributed by atoms with E-state index >= 15 is 0 Å². The number of hydrogen-bond donors (Lipinski definition) is 0. The SMILES string of the molecule is Cc1ccccc1SCC(=O)N1CCC(=O)CC1. The molecule has 0 aromatic heterocycles. The average molecular weight is 263 g/mol. The largest absolute Gasteiger partial charge is 0.341 e. The third-order valence-corrected chi connectivity index (χ3v) is 4.28. The highest BCUT2D eigenvalue weighted by atomic mass is 32.2. The summed E-state index contributed by atoms with van der Waals surface area (Å²) < 4.78 is 0. The topological polar surface area (TPSA) is 37.4 Å². The molecule has 0 atom stereocenters. The molecule has 1 amide bonds. The maximum Gasteiger partial charge on any atom is 0.232 e. The van der Waals surface area contributed by atoms with Crippen LogP contribution in [0.2, 0.25) is 0 Å². The van der Waals surface area contributed by atoms with Gasteiger partial charge in [-0.3, -0.25) is 9.59 Å². The summed E-state index contributed by atoms with van der Waals surface area (Å²) in [4.78, 5) is 26.0. The molecule has 0 saturated carbocycles. The molecular formula is C14H17NO2S. The first-order valence-corrected chi connectivity index (χ1v) is 7.13. The van der Waals surface area contributed by atoms with Crippen LogP contribution in [0.15, 0.2) is 29.2 Å². The van der Waals surface area contributed by atoms with Gasteiger partial charge in [-0.05, 0) is 18.6 Å². The van der Waals surface area contributed by atoms with Crippen molar-refractivity contribution in [1.82, 2.24) is 4.90 Å². The summed E-state index contributed by atoms with van der Waals surface area (Å²) in [5, 5.41) is 0. The van der Waals surface area contributed by atoms with Gasteiger partial charge in [0, 0.05) is 30.8 Å². The van der Waals surface area contributed by atoms with E-state index in [0.717, 1.165) is 4.90 Å². The van der Waals surface area contributed by atoms with Crippen LogP contribution in [0.25, 0.3) is 0 Å². The Morgan fingerprint density at radius 2 is 1.94 bits per heavy atom. The predicted octanol–water partition coefficient (Wildman–Crippen LogP) is 2.28. The van der Waals surface area contributed by atoms with E-state index in [2.05, 4.69) is 0 Å². The van der Waals surface area contributed by atoms with Gasteiger partial charge in [-0.25, -0.2) is 0 Å². The average Bonchev–Trinajstić information content (AvgIpc) is 2.38. The molecule has 4 heteroatoms. The zero-order valence-electron chi connectivity index (χ0n) is 10.5. The van der Waals surface area contributed by atoms with Crippen LogP contribution >= 0.6 is 11.8 Å². The predicted molar refractivity (Wildman–Crippen MR) is 72.7 cm³/mol. The highest BCUT2D eigenvalue weighted by Crippen LogP contribution is 2.22. The number of carbonyl (C=O) groups is 2. The van der Waals surface area contributed by atoms with E-state index in [1.54, 1.807) is 16.7 Å². The molecule has 1 aromatic carbocycles. The maximum atomic E-state index is 12.0. The first-order valence-electron chi connectivity index (χ1n) is 6.15. The molecule has 0 unspecified atom stereocenters. The molecule has 2 rings (SSSR count). The molecule has 1 heterocycles. The van der Waals surface area contributed by atoms with E-state index in [1.807, 2.05) is 31.2 Å². The van der Waals surface area contributed by atoms with Crippen molar-refractivity contribution in [2.75, 3.05) is 18.8 Å². The number of ketones is 1. The van der Waals surface area contributed by atoms with Gasteiger partial charge in [0.15, 0.2) is 0 Å². The molecular weight excluding hydrogens is 246 g/mol. The number of benzene rings is 1. The number of likely N-dealkylation sites (tertiary alicyclic amines) is 1. The van der Waals surface area contributed by atoms with Gasteiger partial charge in [0.25, 0.3) is 0 Å². The van der Waals surface area contributed by atoms with Crippen molar-refractivity contribution >= 4 is 23.5 Å². The van der Waals surface area contributed by atoms with E-state index in [-0.39, 0.29) is 11.7 Å². The first kappa shape index (κ1) is 13.1. The fourth-order valence-electron chi connectivity index (χ4n) is 1.95. The van der Waals surface area contributed by atoms with Crippen molar-refractivity contribution in [1.29, 1.82) is 0 Å². The minimum atomic E-state index is 0.135. The highest BCUT2D eigenvalue weighted by Gasteiger charge is 2.20. The Balaban J connectivity index is 1.85. The lowest BCUT2D eigenvalue weighted by Crippen LogP contribution is -2.39. The third-order valence-electron chi connectivity index (χ3n) is 3.12. The van der Waals surface area contributed by atoms with Crippen LogP contribution in [0.5, 0.6) is 0 Å². The number of carbonyl (C=O) groups excluding carboxylic acids is 2. The van der Waals surface area contributed by atoms with Crippen molar-refractivity contribution in [3.8, 4) is 0 Å². The van der Waals surface area contributed by atoms with Gasteiger partial charge in [0.05, 0.1) is 5.75 Å². The Morgan fingerprint density at radius 1 is 1.28 bits per heavy atom. The monoisotopic (exact) mass is 263 g/mol. The molecule has 0 spiro atoms. The van der Waals surface area contributed by atoms with E-state index in [4.69, 9.17) is 0 Å². The number of aryl methyl sites for hydroxylation is 1. The fraction of sp³-hybridized carbons (Fsp3) is 0.429. The van der Waals surface area contributed by atoms with Crippen LogP contribution in [0.3, 0.4) is 0 Å². The van der Waals surface area contributed by atoms with Gasteiger partial charge in [-0.2, -0.15) is 0 Å². The molecule has 1 aromatic rings. The summed E-state index contributed by atoms with van der Waals surface area (Å²) in [6, 6.07) is 8.07. The maximum absolute atomic E-state index is 12.0. The van der Waals surface area contributed by atoms with Crippen molar-refractivity contribution in [2.24, 2.45) is 0 Å². The van der Waals surface area contributed by atoms with Crippen LogP contribution in [0.1, 0.15) is 18.4 Å². The molecule has 1 fully saturated rings. The zero-order valence-corrected chi connectivity index (χ0v) is 11.3. The van der Waals surface area contributed by atoms with Crippen LogP contribution in [0.4, 0.5) is 0 Å². The van der Waals surface area contributed by atoms with Crippen molar-refractivity contribution in [2.45, 2.75) is 24.7 Å². The molecule has 1 aliphatic rings. The van der Waals surface area contributed by atoms with Gasteiger partial charge < -0.3 is 4.90 Å². The van der Waals surface area contributed by atoms with E-state index < -0.39 is 0 Å². The Kier molecular flexibility index (Phi) is 4.42. The van der Waals surface area contributed by atoms with Crippen LogP contribution in [0, 0.1) is 6.92 Å². The number of amides is 1. The minimum absolute atomic E-state index is 0.135. The number of piperidine rings is 1. The summed E-state index contributed by atoms with van der Waals surface area (Å²) in [5.41, 5.74) is 1.20. The lowest BCUT2D eigenvalue weighted by atomic mass is 10.1. The minimum Gasteiger partial charge on any atom is -0.341 e. The van der Waals surface area contributed by atoms with E-state index in [0.29, 0.717) is 31.7 Å². The van der Waals surface area contributed by atoms with Gasteiger partial charge >= 0.3 is 0 Å². The van der Waals surface area contributed by atoms with Gasteiger partial charge in [0.2, 0.25) is 5.91 Å². The zero-order chi connectivity index (χ0) is 13.0. The van der Waals surface area contributed by atoms with E-state index in [9.17, 15) is 9.59 Å². The van der Waals surface area contributed by atoms with Gasteiger partial charge in [-0.15, -0.1) is 11.8 Å². The number of nitrogens with zero attached hydrogens (tertiary/aromatic N) is 1. The molecule has 1 saturated heterocycles. The van der Waals surface area contributed by atoms with Crippen LogP contribution in [-0.4, -0.2) is 35.4 Å². The van der Waals surface area contributed by atoms with E-state index in [1.165, 1.54) is 5.56 Å². The number of thioether (sulfide) groups is 1. The fourth-order valence-corrected chi connectivity index (χ4v) is 2.89. The number of rotatable bonds is 3. The van der Waals surface area contributed by atoms with Crippen LogP contribution in [-0.2, 0) is 9.59 Å². The Hall–Kier alpha value is -1.29. The highest BCUT2D eigenvalue weighted by molar-refractivity contribution is 8.00. The smallest absolute Gasteiger partial charge is 0.232 e. The van der Waals surface area contributed by atoms with Crippen molar-refractivity contribution < 1.29 is 9.59 Å². The molecule has 96 valence electrons. The van der Waals surface area contributed by atoms with Gasteiger partial charge in [0.1, 0.15) is 5.78 Å². The normalized spacial score (nSPS) is 15.8. The molecule has 0 N–H and O–H groups in total. The molecule has 18 heavy (non-hydrogen) atoms. The summed E-state index contributed by atoms with van der Waals surface area (Å²) in [6.45, 7) is 3.23. The summed E-state index contributed by atoms with van der Waals surface area (Å²) in [5.74, 6) is 0.861. The number of Topliss-reactive ketones (excluding diaryl/α,β-unsaturated/α-hetero) is 1. The second-order valence-electron chi connectivity index (χ2n) is 4.47. The Morgan fingerprint density at radius 3 is 2.61 bits per heavy atom. The Bertz CT molecular complexity index is 449. The molecule has 1 aliphatic heterocycles. The van der Waals surface area contributed by atoms with Crippen molar-refractivity contribution in [3.05, 3.63) is 29.8 Å². The standard InChI is InChI=1S/C14H17NO2S/c1-11-4-2-3-5-13(11)18-10-14(17)15-8-6-12(16)7-9-15/h2-5H,6-10H2,1H3. The lowest BCUT2D eigenvalue weighted by Gasteiger charge is -2.25. The Labute approximate surface area is 112 Å². The van der Waals surface area contributed by atoms with Gasteiger partial charge in [-0.1, -0.05) is 18.2 Å². The second kappa shape index (κ2) is 6.05. The molecule has 0 bridgehead atoms. The molecule has 0 radical (unpaired) electrons. The van der Waals surface area contributed by atoms with Crippen molar-refractivity contribution in [3.63, 3.8) is 0 Å². The summed E-state index contributed by atoms with van der Waals surface area (Å²) in [6.07, 6.45) is 1.03. The van der Waals surface area contributed by atoms with Crippen LogP contribution < -0.4 is 0 Å². The second-order valence-corrected chi connectivity index (χ2v) is 5.49. The summed E-state index contributed by atoms with van der Waals surface area (Å²) in [7, 11) is 0. The lowest BCUT2D eigenvalue weighted by molar-refractivity contribution is -0.132. The molecule has 3 nitrogen and oxygen atoms in total. The number of hydrogen-bond acceptors (Lipinski definition) is 3. The third kappa shape index (κ3) is 3.35.